The largest absolute Gasteiger partial charge is 0.496 e. The molecule has 27 heavy (non-hydrogen) atoms. The third kappa shape index (κ3) is 3.65. The minimum absolute atomic E-state index is 0.358. The van der Waals surface area contributed by atoms with Gasteiger partial charge in [-0.25, -0.2) is 14.4 Å². The summed E-state index contributed by atoms with van der Waals surface area (Å²) >= 11 is 1.45. The first-order valence-electron chi connectivity index (χ1n) is 8.17. The molecule has 0 spiro atoms. The average molecular weight is 381 g/mol. The van der Waals surface area contributed by atoms with Crippen molar-refractivity contribution in [3.8, 4) is 17.0 Å². The summed E-state index contributed by atoms with van der Waals surface area (Å²) in [5.74, 6) is 0.766. The third-order valence-corrected chi connectivity index (χ3v) is 4.86. The Morgan fingerprint density at radius 1 is 1.15 bits per heavy atom. The number of ether oxygens (including phenoxy) is 1. The molecule has 0 saturated carbocycles. The summed E-state index contributed by atoms with van der Waals surface area (Å²) in [6.45, 7) is 0.562. The molecule has 4 aromatic rings. The van der Waals surface area contributed by atoms with Gasteiger partial charge in [-0.05, 0) is 35.9 Å². The van der Waals surface area contributed by atoms with Crippen LogP contribution in [0.4, 0.5) is 15.3 Å². The zero-order chi connectivity index (χ0) is 18.8. The van der Waals surface area contributed by atoms with Gasteiger partial charge in [0.05, 0.1) is 35.4 Å². The Bertz CT molecular complexity index is 1110. The number of anilines is 2. The molecule has 136 valence electrons. The van der Waals surface area contributed by atoms with Crippen LogP contribution in [0.3, 0.4) is 0 Å². The van der Waals surface area contributed by atoms with Crippen LogP contribution >= 0.6 is 11.3 Å². The summed E-state index contributed by atoms with van der Waals surface area (Å²) in [6, 6.07) is 10.3. The Balaban J connectivity index is 1.56. The van der Waals surface area contributed by atoms with Crippen molar-refractivity contribution in [1.29, 1.82) is 0 Å². The summed E-state index contributed by atoms with van der Waals surface area (Å²) in [4.78, 5) is 13.0. The summed E-state index contributed by atoms with van der Waals surface area (Å²) in [5, 5.41) is 3.79. The zero-order valence-corrected chi connectivity index (χ0v) is 15.3. The first-order valence-corrected chi connectivity index (χ1v) is 8.99. The van der Waals surface area contributed by atoms with Gasteiger partial charge in [-0.15, -0.1) is 0 Å². The number of nitrogen functional groups attached to an aromatic ring is 1. The number of fused-ring (bicyclic) bond motifs is 1. The first-order chi connectivity index (χ1) is 13.1. The highest BCUT2D eigenvalue weighted by Crippen LogP contribution is 2.29. The molecular formula is C19H16FN5OS. The number of hydrogen-bond donors (Lipinski definition) is 2. The Morgan fingerprint density at radius 2 is 2.04 bits per heavy atom. The molecule has 2 aromatic carbocycles. The van der Waals surface area contributed by atoms with Gasteiger partial charge in [-0.2, -0.15) is 0 Å². The Morgan fingerprint density at radius 3 is 2.89 bits per heavy atom. The molecule has 0 aliphatic carbocycles. The molecule has 6 nitrogen and oxygen atoms in total. The van der Waals surface area contributed by atoms with Gasteiger partial charge in [-0.1, -0.05) is 17.4 Å². The van der Waals surface area contributed by atoms with E-state index in [2.05, 4.69) is 20.3 Å². The van der Waals surface area contributed by atoms with Crippen molar-refractivity contribution in [3.63, 3.8) is 0 Å². The highest BCUT2D eigenvalue weighted by molar-refractivity contribution is 7.22. The molecule has 0 aliphatic rings. The molecule has 2 aromatic heterocycles. The second-order valence-electron chi connectivity index (χ2n) is 5.84. The normalized spacial score (nSPS) is 10.9. The van der Waals surface area contributed by atoms with E-state index in [1.54, 1.807) is 18.5 Å². The maximum absolute atomic E-state index is 13.6. The van der Waals surface area contributed by atoms with E-state index < -0.39 is 0 Å². The number of rotatable bonds is 5. The van der Waals surface area contributed by atoms with E-state index in [0.717, 1.165) is 15.8 Å². The molecule has 0 aliphatic heterocycles. The van der Waals surface area contributed by atoms with Crippen LogP contribution < -0.4 is 15.8 Å². The van der Waals surface area contributed by atoms with Gasteiger partial charge >= 0.3 is 0 Å². The van der Waals surface area contributed by atoms with Crippen molar-refractivity contribution in [2.24, 2.45) is 0 Å². The number of nitrogens with zero attached hydrogens (tertiary/aromatic N) is 3. The number of hydrogen-bond acceptors (Lipinski definition) is 7. The molecule has 0 saturated heterocycles. The van der Waals surface area contributed by atoms with E-state index in [9.17, 15) is 4.39 Å². The highest BCUT2D eigenvalue weighted by Gasteiger charge is 2.10. The maximum Gasteiger partial charge on any atom is 0.181 e. The van der Waals surface area contributed by atoms with Crippen LogP contribution in [-0.4, -0.2) is 22.1 Å². The quantitative estimate of drug-likeness (QED) is 0.541. The lowest BCUT2D eigenvalue weighted by molar-refractivity contribution is 0.415. The Labute approximate surface area is 158 Å². The van der Waals surface area contributed by atoms with E-state index in [-0.39, 0.29) is 5.82 Å². The fourth-order valence-electron chi connectivity index (χ4n) is 2.75. The van der Waals surface area contributed by atoms with Gasteiger partial charge in [0, 0.05) is 12.1 Å². The molecule has 0 amide bonds. The summed E-state index contributed by atoms with van der Waals surface area (Å²) < 4.78 is 20.0. The van der Waals surface area contributed by atoms with Crippen molar-refractivity contribution < 1.29 is 9.13 Å². The van der Waals surface area contributed by atoms with Gasteiger partial charge in [0.25, 0.3) is 0 Å². The number of aromatic nitrogens is 3. The molecular weight excluding hydrogens is 365 g/mol. The van der Waals surface area contributed by atoms with Gasteiger partial charge in [-0.3, -0.25) is 4.98 Å². The van der Waals surface area contributed by atoms with Gasteiger partial charge < -0.3 is 15.8 Å². The first kappa shape index (κ1) is 17.2. The van der Waals surface area contributed by atoms with Crippen molar-refractivity contribution in [1.82, 2.24) is 15.0 Å². The van der Waals surface area contributed by atoms with Crippen LogP contribution in [0.25, 0.3) is 21.5 Å². The van der Waals surface area contributed by atoms with Crippen LogP contribution in [-0.2, 0) is 6.54 Å². The Kier molecular flexibility index (Phi) is 4.55. The van der Waals surface area contributed by atoms with Crippen LogP contribution in [0.15, 0.2) is 48.8 Å². The van der Waals surface area contributed by atoms with E-state index in [0.29, 0.717) is 34.5 Å². The van der Waals surface area contributed by atoms with Gasteiger partial charge in [0.1, 0.15) is 17.4 Å². The summed E-state index contributed by atoms with van der Waals surface area (Å²) in [6.07, 6.45) is 3.20. The zero-order valence-electron chi connectivity index (χ0n) is 14.4. The predicted molar refractivity (Wildman–Crippen MR) is 105 cm³/mol. The summed E-state index contributed by atoms with van der Waals surface area (Å²) in [7, 11) is 1.54. The lowest BCUT2D eigenvalue weighted by Gasteiger charge is -2.10. The average Bonchev–Trinajstić information content (AvgIpc) is 3.06. The highest BCUT2D eigenvalue weighted by atomic mass is 32.1. The second-order valence-corrected chi connectivity index (χ2v) is 6.90. The third-order valence-electron chi connectivity index (χ3n) is 4.02. The topological polar surface area (TPSA) is 86.0 Å². The maximum atomic E-state index is 13.6. The predicted octanol–water partition coefficient (Wildman–Crippen LogP) is 4.10. The SMILES string of the molecule is COc1ccc(F)cc1-c1cncc(NCc2ccc3nc(N)sc3c2)n1. The van der Waals surface area contributed by atoms with E-state index in [1.807, 2.05) is 18.2 Å². The van der Waals surface area contributed by atoms with Gasteiger partial charge in [0.2, 0.25) is 0 Å². The number of halogens is 1. The van der Waals surface area contributed by atoms with Crippen LogP contribution in [0.2, 0.25) is 0 Å². The number of thiazole rings is 1. The molecule has 4 rings (SSSR count). The minimum Gasteiger partial charge on any atom is -0.496 e. The number of nitrogens with one attached hydrogen (secondary N) is 1. The molecule has 0 fully saturated rings. The lowest BCUT2D eigenvalue weighted by Crippen LogP contribution is -2.03. The fraction of sp³-hybridized carbons (Fsp3) is 0.105. The molecule has 0 radical (unpaired) electrons. The molecule has 0 atom stereocenters. The molecule has 3 N–H and O–H groups in total. The standard InChI is InChI=1S/C19H16FN5OS/c1-26-16-5-3-12(20)7-13(16)15-9-22-10-18(24-15)23-8-11-2-4-14-17(6-11)27-19(21)25-14/h2-7,9-10H,8H2,1H3,(H2,21,25)(H,23,24). The number of benzene rings is 2. The van der Waals surface area contributed by atoms with Crippen molar-refractivity contribution in [3.05, 3.63) is 60.2 Å². The molecule has 0 unspecified atom stereocenters. The van der Waals surface area contributed by atoms with Crippen LogP contribution in [0.1, 0.15) is 5.56 Å². The fourth-order valence-corrected chi connectivity index (χ4v) is 3.55. The monoisotopic (exact) mass is 381 g/mol. The van der Waals surface area contributed by atoms with Gasteiger partial charge in [0.15, 0.2) is 5.13 Å². The Hall–Kier alpha value is -3.26. The minimum atomic E-state index is -0.358. The van der Waals surface area contributed by atoms with Crippen molar-refractivity contribution >= 4 is 32.5 Å². The van der Waals surface area contributed by atoms with Crippen molar-refractivity contribution in [2.75, 3.05) is 18.2 Å². The number of methoxy groups -OCH3 is 1. The molecule has 2 heterocycles. The lowest BCUT2D eigenvalue weighted by atomic mass is 10.1. The van der Waals surface area contributed by atoms with E-state index in [4.69, 9.17) is 10.5 Å². The second kappa shape index (κ2) is 7.16. The van der Waals surface area contributed by atoms with Crippen molar-refractivity contribution in [2.45, 2.75) is 6.54 Å². The number of nitrogens with two attached hydrogens (primary N) is 1. The molecule has 8 heteroatoms. The van der Waals surface area contributed by atoms with E-state index in [1.165, 1.54) is 30.6 Å². The molecule has 0 bridgehead atoms. The summed E-state index contributed by atoms with van der Waals surface area (Å²) in [5.41, 5.74) is 8.79. The smallest absolute Gasteiger partial charge is 0.181 e. The van der Waals surface area contributed by atoms with E-state index >= 15 is 0 Å². The van der Waals surface area contributed by atoms with Crippen LogP contribution in [0, 0.1) is 5.82 Å². The van der Waals surface area contributed by atoms with Crippen LogP contribution in [0.5, 0.6) is 5.75 Å².